The number of sulfonamides is 1. The van der Waals surface area contributed by atoms with Crippen molar-refractivity contribution in [2.24, 2.45) is 0 Å². The van der Waals surface area contributed by atoms with E-state index < -0.39 is 21.7 Å². The summed E-state index contributed by atoms with van der Waals surface area (Å²) in [5.41, 5.74) is 0.121. The topological polar surface area (TPSA) is 66.5 Å². The van der Waals surface area contributed by atoms with Gasteiger partial charge in [0.05, 0.1) is 11.9 Å². The van der Waals surface area contributed by atoms with Crippen molar-refractivity contribution in [1.29, 1.82) is 0 Å². The maximum Gasteiger partial charge on any atom is 0.240 e. The number of carbonyl (C=O) groups is 1. The van der Waals surface area contributed by atoms with Gasteiger partial charge in [0.2, 0.25) is 15.9 Å². The van der Waals surface area contributed by atoms with Gasteiger partial charge in [-0.15, -0.1) is 0 Å². The highest BCUT2D eigenvalue weighted by Gasteiger charge is 2.20. The number of anilines is 1. The van der Waals surface area contributed by atoms with E-state index in [0.29, 0.717) is 0 Å². The average molecular weight is 260 g/mol. The fourth-order valence-corrected chi connectivity index (χ4v) is 2.09. The molecule has 0 heterocycles. The zero-order chi connectivity index (χ0) is 13.1. The van der Waals surface area contributed by atoms with E-state index in [0.717, 1.165) is 16.6 Å². The summed E-state index contributed by atoms with van der Waals surface area (Å²) in [5, 5.41) is 2.31. The number of nitrogens with zero attached hydrogens (tertiary/aromatic N) is 1. The highest BCUT2D eigenvalue weighted by molar-refractivity contribution is 7.92. The van der Waals surface area contributed by atoms with Crippen LogP contribution in [-0.4, -0.2) is 34.2 Å². The summed E-state index contributed by atoms with van der Waals surface area (Å²) < 4.78 is 36.9. The normalized spacial score (nSPS) is 11.0. The smallest absolute Gasteiger partial charge is 0.240 e. The van der Waals surface area contributed by atoms with Gasteiger partial charge in [0.25, 0.3) is 0 Å². The molecule has 1 N–H and O–H groups in total. The number of rotatable bonds is 4. The number of hydrogen-bond donors (Lipinski definition) is 1. The Balaban J connectivity index is 3.12. The van der Waals surface area contributed by atoms with Crippen LogP contribution in [0, 0.1) is 5.82 Å². The van der Waals surface area contributed by atoms with Crippen LogP contribution in [0.4, 0.5) is 10.1 Å². The van der Waals surface area contributed by atoms with Gasteiger partial charge >= 0.3 is 0 Å². The lowest BCUT2D eigenvalue weighted by molar-refractivity contribution is -0.119. The maximum absolute atomic E-state index is 13.0. The van der Waals surface area contributed by atoms with Crippen molar-refractivity contribution in [3.63, 3.8) is 0 Å². The van der Waals surface area contributed by atoms with Gasteiger partial charge in [0.15, 0.2) is 0 Å². The average Bonchev–Trinajstić information content (AvgIpc) is 2.23. The summed E-state index contributed by atoms with van der Waals surface area (Å²) in [7, 11) is -2.24. The Morgan fingerprint density at radius 1 is 1.47 bits per heavy atom. The second-order valence-corrected chi connectivity index (χ2v) is 5.33. The fraction of sp³-hybridized carbons (Fsp3) is 0.300. The van der Waals surface area contributed by atoms with Crippen LogP contribution >= 0.6 is 0 Å². The molecule has 0 aliphatic carbocycles. The van der Waals surface area contributed by atoms with Crippen molar-refractivity contribution >= 4 is 21.6 Å². The molecule has 0 saturated carbocycles. The van der Waals surface area contributed by atoms with Crippen molar-refractivity contribution < 1.29 is 17.6 Å². The second-order valence-electron chi connectivity index (χ2n) is 3.42. The van der Waals surface area contributed by atoms with Crippen LogP contribution in [-0.2, 0) is 14.8 Å². The molecule has 0 bridgehead atoms. The predicted octanol–water partition coefficient (Wildman–Crippen LogP) is 0.338. The van der Waals surface area contributed by atoms with Crippen molar-refractivity contribution in [1.82, 2.24) is 5.32 Å². The summed E-state index contributed by atoms with van der Waals surface area (Å²) in [5.74, 6) is -1.03. The quantitative estimate of drug-likeness (QED) is 0.848. The van der Waals surface area contributed by atoms with Crippen LogP contribution < -0.4 is 9.62 Å². The molecule has 0 atom stereocenters. The molecular formula is C10H13FN2O3S. The van der Waals surface area contributed by atoms with Crippen LogP contribution in [0.2, 0.25) is 0 Å². The first-order valence-electron chi connectivity index (χ1n) is 4.78. The maximum atomic E-state index is 13.0. The number of carbonyl (C=O) groups excluding carboxylic acids is 1. The van der Waals surface area contributed by atoms with Gasteiger partial charge in [-0.25, -0.2) is 12.8 Å². The van der Waals surface area contributed by atoms with Crippen LogP contribution in [0.3, 0.4) is 0 Å². The van der Waals surface area contributed by atoms with Gasteiger partial charge in [-0.3, -0.25) is 9.10 Å². The van der Waals surface area contributed by atoms with Gasteiger partial charge in [-0.1, -0.05) is 6.07 Å². The van der Waals surface area contributed by atoms with Crippen LogP contribution in [0.25, 0.3) is 0 Å². The van der Waals surface area contributed by atoms with E-state index in [1.54, 1.807) is 0 Å². The second kappa shape index (κ2) is 5.13. The largest absolute Gasteiger partial charge is 0.358 e. The number of halogens is 1. The molecule has 1 rings (SSSR count). The van der Waals surface area contributed by atoms with Crippen molar-refractivity contribution in [2.75, 3.05) is 24.2 Å². The SMILES string of the molecule is CNC(=O)CN(c1cccc(F)c1)S(C)(=O)=O. The Kier molecular flexibility index (Phi) is 4.06. The first kappa shape index (κ1) is 13.4. The molecule has 0 aliphatic rings. The van der Waals surface area contributed by atoms with E-state index in [1.807, 2.05) is 0 Å². The molecule has 0 aliphatic heterocycles. The number of nitrogens with one attached hydrogen (secondary N) is 1. The Morgan fingerprint density at radius 2 is 2.12 bits per heavy atom. The molecule has 94 valence electrons. The molecule has 0 unspecified atom stereocenters. The Morgan fingerprint density at radius 3 is 2.59 bits per heavy atom. The molecule has 5 nitrogen and oxygen atoms in total. The highest BCUT2D eigenvalue weighted by Crippen LogP contribution is 2.17. The molecule has 0 aromatic heterocycles. The zero-order valence-corrected chi connectivity index (χ0v) is 10.3. The van der Waals surface area contributed by atoms with Gasteiger partial charge in [-0.2, -0.15) is 0 Å². The van der Waals surface area contributed by atoms with Crippen LogP contribution in [0.15, 0.2) is 24.3 Å². The minimum atomic E-state index is -3.63. The lowest BCUT2D eigenvalue weighted by atomic mass is 10.3. The minimum absolute atomic E-state index is 0.121. The highest BCUT2D eigenvalue weighted by atomic mass is 32.2. The van der Waals surface area contributed by atoms with E-state index in [9.17, 15) is 17.6 Å². The molecule has 17 heavy (non-hydrogen) atoms. The number of hydrogen-bond acceptors (Lipinski definition) is 3. The molecule has 0 saturated heterocycles. The molecule has 1 aromatic rings. The molecule has 1 aromatic carbocycles. The number of amides is 1. The van der Waals surface area contributed by atoms with E-state index in [-0.39, 0.29) is 12.2 Å². The Labute approximate surface area is 99.3 Å². The zero-order valence-electron chi connectivity index (χ0n) is 9.47. The monoisotopic (exact) mass is 260 g/mol. The molecule has 0 fully saturated rings. The third-order valence-corrected chi connectivity index (χ3v) is 3.20. The van der Waals surface area contributed by atoms with Gasteiger partial charge < -0.3 is 5.32 Å². The van der Waals surface area contributed by atoms with Crippen LogP contribution in [0.5, 0.6) is 0 Å². The summed E-state index contributed by atoms with van der Waals surface area (Å²) >= 11 is 0. The van der Waals surface area contributed by atoms with Crippen molar-refractivity contribution in [3.05, 3.63) is 30.1 Å². The van der Waals surface area contributed by atoms with Gasteiger partial charge in [0, 0.05) is 7.05 Å². The van der Waals surface area contributed by atoms with E-state index in [2.05, 4.69) is 5.32 Å². The van der Waals surface area contributed by atoms with Crippen molar-refractivity contribution in [2.45, 2.75) is 0 Å². The van der Waals surface area contributed by atoms with E-state index >= 15 is 0 Å². The summed E-state index contributed by atoms with van der Waals surface area (Å²) in [6, 6.07) is 5.06. The molecule has 0 spiro atoms. The third kappa shape index (κ3) is 3.70. The molecular weight excluding hydrogens is 247 g/mol. The molecule has 1 amide bonds. The first-order chi connectivity index (χ1) is 7.84. The van der Waals surface area contributed by atoms with Gasteiger partial charge in [0.1, 0.15) is 12.4 Å². The summed E-state index contributed by atoms with van der Waals surface area (Å²) in [6.07, 6.45) is 0.959. The van der Waals surface area contributed by atoms with Gasteiger partial charge in [-0.05, 0) is 18.2 Å². The van der Waals surface area contributed by atoms with E-state index in [4.69, 9.17) is 0 Å². The first-order valence-corrected chi connectivity index (χ1v) is 6.63. The predicted molar refractivity (Wildman–Crippen MR) is 62.7 cm³/mol. The third-order valence-electron chi connectivity index (χ3n) is 2.06. The Bertz CT molecular complexity index is 516. The van der Waals surface area contributed by atoms with Crippen LogP contribution in [0.1, 0.15) is 0 Å². The minimum Gasteiger partial charge on any atom is -0.358 e. The lowest BCUT2D eigenvalue weighted by Crippen LogP contribution is -2.39. The summed E-state index contributed by atoms with van der Waals surface area (Å²) in [6.45, 7) is -0.376. The fourth-order valence-electron chi connectivity index (χ4n) is 1.24. The molecule has 7 heteroatoms. The lowest BCUT2D eigenvalue weighted by Gasteiger charge is -2.21. The van der Waals surface area contributed by atoms with E-state index in [1.165, 1.54) is 25.2 Å². The number of likely N-dealkylation sites (N-methyl/N-ethyl adjacent to an activating group) is 1. The molecule has 0 radical (unpaired) electrons. The number of benzene rings is 1. The Hall–Kier alpha value is -1.63. The van der Waals surface area contributed by atoms with Crippen molar-refractivity contribution in [3.8, 4) is 0 Å². The standard InChI is InChI=1S/C10H13FN2O3S/c1-12-10(14)7-13(17(2,15)16)9-5-3-4-8(11)6-9/h3-6H,7H2,1-2H3,(H,12,14). The summed E-state index contributed by atoms with van der Waals surface area (Å²) in [4.78, 5) is 11.2.